The number of thioether (sulfide) groups is 1. The molecule has 9 nitrogen and oxygen atoms in total. The van der Waals surface area contributed by atoms with Crippen LogP contribution in [0.15, 0.2) is 72.1 Å². The summed E-state index contributed by atoms with van der Waals surface area (Å²) in [6, 6.07) is 14.5. The number of carbonyl (C=O) groups excluding carboxylic acids is 1. The number of anilines is 1. The highest BCUT2D eigenvalue weighted by Crippen LogP contribution is 2.46. The number of aromatic amines is 1. The molecule has 10 heteroatoms. The second-order valence-corrected chi connectivity index (χ2v) is 11.0. The first-order valence-corrected chi connectivity index (χ1v) is 14.4. The van der Waals surface area contributed by atoms with Gasteiger partial charge in [0, 0.05) is 53.3 Å². The lowest BCUT2D eigenvalue weighted by Crippen LogP contribution is -2.46. The van der Waals surface area contributed by atoms with Crippen molar-refractivity contribution in [2.75, 3.05) is 12.0 Å². The lowest BCUT2D eigenvalue weighted by atomic mass is 9.87. The minimum atomic E-state index is -0.0107. The minimum Gasteiger partial charge on any atom is -0.383 e. The van der Waals surface area contributed by atoms with E-state index in [-0.39, 0.29) is 23.9 Å². The number of hydrogen-bond donors (Lipinski definition) is 2. The smallest absolute Gasteiger partial charge is 0.290 e. The number of imidazole rings is 1. The molecule has 3 N–H and O–H groups in total. The van der Waals surface area contributed by atoms with E-state index in [4.69, 9.17) is 15.7 Å². The Labute approximate surface area is 229 Å². The third-order valence-electron chi connectivity index (χ3n) is 8.07. The van der Waals surface area contributed by atoms with Gasteiger partial charge < -0.3 is 15.6 Å². The summed E-state index contributed by atoms with van der Waals surface area (Å²) in [7, 11) is 0. The molecule has 2 aliphatic heterocycles. The topological polar surface area (TPSA) is 118 Å². The number of nitrogen functional groups attached to an aromatic ring is 1. The molecule has 2 unspecified atom stereocenters. The van der Waals surface area contributed by atoms with Crippen LogP contribution in [0.2, 0.25) is 0 Å². The highest BCUT2D eigenvalue weighted by atomic mass is 32.2. The molecule has 0 spiro atoms. The van der Waals surface area contributed by atoms with E-state index >= 15 is 0 Å². The van der Waals surface area contributed by atoms with Crippen LogP contribution in [0.25, 0.3) is 28.0 Å². The largest absolute Gasteiger partial charge is 0.383 e. The molecule has 2 fully saturated rings. The summed E-state index contributed by atoms with van der Waals surface area (Å²) >= 11 is 1.61. The van der Waals surface area contributed by atoms with Crippen LogP contribution in [-0.2, 0) is 0 Å². The first kappa shape index (κ1) is 23.9. The number of benzene rings is 1. The van der Waals surface area contributed by atoms with Gasteiger partial charge in [0.25, 0.3) is 5.91 Å². The summed E-state index contributed by atoms with van der Waals surface area (Å²) in [6.45, 7) is 0. The Morgan fingerprint density at radius 1 is 1.03 bits per heavy atom. The summed E-state index contributed by atoms with van der Waals surface area (Å²) in [6.07, 6.45) is 12.8. The summed E-state index contributed by atoms with van der Waals surface area (Å²) in [5.41, 5.74) is 12.3. The van der Waals surface area contributed by atoms with Gasteiger partial charge in [-0.3, -0.25) is 9.78 Å². The average molecular weight is 537 g/mol. The van der Waals surface area contributed by atoms with E-state index in [1.165, 1.54) is 0 Å². The van der Waals surface area contributed by atoms with Gasteiger partial charge in [0.1, 0.15) is 5.82 Å². The van der Waals surface area contributed by atoms with Crippen molar-refractivity contribution in [1.29, 1.82) is 0 Å². The van der Waals surface area contributed by atoms with E-state index in [1.54, 1.807) is 28.7 Å². The Balaban J connectivity index is 1.24. The van der Waals surface area contributed by atoms with Crippen molar-refractivity contribution in [2.45, 2.75) is 48.6 Å². The van der Waals surface area contributed by atoms with E-state index in [2.05, 4.69) is 33.3 Å². The summed E-state index contributed by atoms with van der Waals surface area (Å²) in [4.78, 5) is 33.3. The van der Waals surface area contributed by atoms with E-state index < -0.39 is 0 Å². The predicted octanol–water partition coefficient (Wildman–Crippen LogP) is 5.04. The van der Waals surface area contributed by atoms with Crippen molar-refractivity contribution in [3.8, 4) is 22.4 Å². The van der Waals surface area contributed by atoms with Crippen molar-refractivity contribution >= 4 is 29.1 Å². The van der Waals surface area contributed by atoms with Crippen LogP contribution in [0.1, 0.15) is 47.9 Å². The molecule has 2 aliphatic rings. The maximum Gasteiger partial charge on any atom is 0.290 e. The summed E-state index contributed by atoms with van der Waals surface area (Å²) in [5, 5.41) is 4.60. The number of hydrogen-bond acceptors (Lipinski definition) is 7. The van der Waals surface area contributed by atoms with Crippen molar-refractivity contribution < 1.29 is 4.79 Å². The van der Waals surface area contributed by atoms with Gasteiger partial charge in [0.05, 0.1) is 22.5 Å². The monoisotopic (exact) mass is 536 g/mol. The van der Waals surface area contributed by atoms with Crippen LogP contribution in [0.3, 0.4) is 0 Å². The predicted molar refractivity (Wildman–Crippen MR) is 151 cm³/mol. The Hall–Kier alpha value is -4.18. The Kier molecular flexibility index (Phi) is 5.84. The van der Waals surface area contributed by atoms with Gasteiger partial charge in [-0.25, -0.2) is 9.97 Å². The molecule has 5 aromatic rings. The Morgan fingerprint density at radius 3 is 2.49 bits per heavy atom. The van der Waals surface area contributed by atoms with Gasteiger partial charge >= 0.3 is 0 Å². The fourth-order valence-electron chi connectivity index (χ4n) is 6.28. The number of nitrogens with one attached hydrogen (secondary N) is 1. The zero-order valence-corrected chi connectivity index (χ0v) is 22.3. The van der Waals surface area contributed by atoms with Crippen LogP contribution in [-0.4, -0.2) is 58.7 Å². The number of H-pyrrole nitrogens is 1. The van der Waals surface area contributed by atoms with Crippen LogP contribution < -0.4 is 5.73 Å². The molecule has 1 aromatic carbocycles. The number of nitrogens with zero attached hydrogens (tertiary/aromatic N) is 6. The van der Waals surface area contributed by atoms with E-state index in [0.717, 1.165) is 64.3 Å². The molecule has 2 saturated heterocycles. The average Bonchev–Trinajstić information content (AvgIpc) is 3.72. The van der Waals surface area contributed by atoms with Gasteiger partial charge in [0.15, 0.2) is 11.5 Å². The molecule has 0 saturated carbocycles. The minimum absolute atomic E-state index is 0.0107. The lowest BCUT2D eigenvalue weighted by Gasteiger charge is -2.38. The zero-order valence-electron chi connectivity index (χ0n) is 21.5. The third-order valence-corrected chi connectivity index (χ3v) is 8.89. The summed E-state index contributed by atoms with van der Waals surface area (Å²) < 4.78 is 1.74. The van der Waals surface area contributed by atoms with Gasteiger partial charge in [-0.05, 0) is 38.0 Å². The number of pyridine rings is 1. The first-order valence-electron chi connectivity index (χ1n) is 13.2. The molecule has 0 aliphatic carbocycles. The number of rotatable bonds is 5. The standard InChI is InChI=1S/C29H28N8OS/c1-39-25-24(19-13-20-8-9-21(14-19)36(20)29(38)27-31-11-12-32-27)35-28-22(16-34-37(28)26(25)30)18-7-10-23(33-15-18)17-5-3-2-4-6-17/h2-7,10-12,15-16,19-21H,8-9,13-14,30H2,1H3,(H,31,32)/t19?,20-,21?/m1/s1. The van der Waals surface area contributed by atoms with Gasteiger partial charge in [-0.2, -0.15) is 9.61 Å². The molecule has 0 radical (unpaired) electrons. The number of amides is 1. The van der Waals surface area contributed by atoms with Crippen molar-refractivity contribution in [2.24, 2.45) is 0 Å². The molecule has 3 atom stereocenters. The van der Waals surface area contributed by atoms with Gasteiger partial charge in [0.2, 0.25) is 0 Å². The molecular weight excluding hydrogens is 508 g/mol. The number of fused-ring (bicyclic) bond motifs is 3. The molecule has 196 valence electrons. The van der Waals surface area contributed by atoms with Crippen molar-refractivity contribution in [3.63, 3.8) is 0 Å². The molecule has 39 heavy (non-hydrogen) atoms. The van der Waals surface area contributed by atoms with Crippen molar-refractivity contribution in [3.05, 3.63) is 78.8 Å². The second kappa shape index (κ2) is 9.53. The normalized spacial score (nSPS) is 20.5. The SMILES string of the molecule is CSc1c(C2CC3CC[C@H](C2)N3C(=O)c2ncc[nH]2)nc2c(-c3ccc(-c4ccccc4)nc3)cnn2c1N. The quantitative estimate of drug-likeness (QED) is 0.302. The maximum absolute atomic E-state index is 13.2. The highest BCUT2D eigenvalue weighted by Gasteiger charge is 2.45. The third kappa shape index (κ3) is 3.97. The molecule has 4 aromatic heterocycles. The highest BCUT2D eigenvalue weighted by molar-refractivity contribution is 7.98. The second-order valence-electron chi connectivity index (χ2n) is 10.2. The number of carbonyl (C=O) groups is 1. The number of nitrogens with two attached hydrogens (primary N) is 1. The van der Waals surface area contributed by atoms with E-state index in [9.17, 15) is 4.79 Å². The van der Waals surface area contributed by atoms with Gasteiger partial charge in [-0.15, -0.1) is 11.8 Å². The first-order chi connectivity index (χ1) is 19.1. The fourth-order valence-corrected chi connectivity index (χ4v) is 6.99. The Morgan fingerprint density at radius 2 is 1.82 bits per heavy atom. The molecule has 6 heterocycles. The summed E-state index contributed by atoms with van der Waals surface area (Å²) in [5.74, 6) is 1.21. The van der Waals surface area contributed by atoms with Crippen LogP contribution in [0.5, 0.6) is 0 Å². The van der Waals surface area contributed by atoms with Gasteiger partial charge in [-0.1, -0.05) is 36.4 Å². The van der Waals surface area contributed by atoms with Crippen LogP contribution >= 0.6 is 11.8 Å². The van der Waals surface area contributed by atoms with Crippen LogP contribution in [0.4, 0.5) is 5.82 Å². The molecule has 7 rings (SSSR count). The maximum atomic E-state index is 13.2. The van der Waals surface area contributed by atoms with E-state index in [0.29, 0.717) is 11.6 Å². The Bertz CT molecular complexity index is 1630. The van der Waals surface area contributed by atoms with E-state index in [1.807, 2.05) is 47.8 Å². The molecular formula is C29H28N8OS. The van der Waals surface area contributed by atoms with Crippen LogP contribution in [0, 0.1) is 0 Å². The fraction of sp³-hybridized carbons (Fsp3) is 0.276. The lowest BCUT2D eigenvalue weighted by molar-refractivity contribution is 0.0557. The van der Waals surface area contributed by atoms with Crippen molar-refractivity contribution in [1.82, 2.24) is 34.4 Å². The molecule has 1 amide bonds. The number of aromatic nitrogens is 6. The molecule has 2 bridgehead atoms. The zero-order chi connectivity index (χ0) is 26.5. The number of piperidine rings is 1.